The van der Waals surface area contributed by atoms with E-state index in [9.17, 15) is 9.59 Å². The smallest absolute Gasteiger partial charge is 0.341 e. The second kappa shape index (κ2) is 8.25. The van der Waals surface area contributed by atoms with Crippen LogP contribution in [-0.4, -0.2) is 25.2 Å². The molecule has 0 aliphatic heterocycles. The van der Waals surface area contributed by atoms with Gasteiger partial charge in [-0.05, 0) is 24.3 Å². The van der Waals surface area contributed by atoms with Crippen molar-refractivity contribution in [3.05, 3.63) is 59.7 Å². The highest BCUT2D eigenvalue weighted by molar-refractivity contribution is 5.95. The van der Waals surface area contributed by atoms with E-state index in [0.717, 1.165) is 0 Å². The molecule has 0 radical (unpaired) electrons. The first-order valence-electron chi connectivity index (χ1n) is 7.08. The minimum Gasteiger partial charge on any atom is -0.449 e. The van der Waals surface area contributed by atoms with E-state index in [1.807, 2.05) is 0 Å². The number of anilines is 2. The van der Waals surface area contributed by atoms with Crippen LogP contribution in [0.3, 0.4) is 0 Å². The molecule has 4 N–H and O–H groups in total. The molecule has 0 fully saturated rings. The largest absolute Gasteiger partial charge is 0.449 e. The molecule has 0 aliphatic carbocycles. The number of hydrogen-bond acceptors (Lipinski definition) is 6. The van der Waals surface area contributed by atoms with Crippen LogP contribution in [0.25, 0.3) is 0 Å². The molecular formula is C18H16N2O4. The number of benzene rings is 2. The molecule has 0 saturated heterocycles. The van der Waals surface area contributed by atoms with E-state index in [0.29, 0.717) is 11.4 Å². The maximum absolute atomic E-state index is 11.8. The Hall–Kier alpha value is -3.46. The number of nitrogens with two attached hydrogens (primary N) is 2. The van der Waals surface area contributed by atoms with Gasteiger partial charge in [0.1, 0.15) is 0 Å². The molecule has 0 atom stereocenters. The Labute approximate surface area is 139 Å². The zero-order chi connectivity index (χ0) is 17.4. The van der Waals surface area contributed by atoms with Gasteiger partial charge in [-0.15, -0.1) is 0 Å². The first-order chi connectivity index (χ1) is 11.6. The van der Waals surface area contributed by atoms with Crippen molar-refractivity contribution in [3.8, 4) is 11.8 Å². The Morgan fingerprint density at radius 3 is 1.50 bits per heavy atom. The van der Waals surface area contributed by atoms with E-state index in [2.05, 4.69) is 11.8 Å². The first-order valence-corrected chi connectivity index (χ1v) is 7.08. The predicted octanol–water partition coefficient (Wildman–Crippen LogP) is 1.87. The molecule has 0 spiro atoms. The van der Waals surface area contributed by atoms with Crippen LogP contribution in [0.2, 0.25) is 0 Å². The maximum atomic E-state index is 11.8. The van der Waals surface area contributed by atoms with Gasteiger partial charge < -0.3 is 20.9 Å². The molecule has 2 aromatic rings. The maximum Gasteiger partial charge on any atom is 0.341 e. The monoisotopic (exact) mass is 324 g/mol. The van der Waals surface area contributed by atoms with Gasteiger partial charge in [0.2, 0.25) is 0 Å². The summed E-state index contributed by atoms with van der Waals surface area (Å²) in [5.41, 5.74) is 12.6. The van der Waals surface area contributed by atoms with Crippen molar-refractivity contribution >= 4 is 23.3 Å². The van der Waals surface area contributed by atoms with Gasteiger partial charge in [-0.1, -0.05) is 36.1 Å². The summed E-state index contributed by atoms with van der Waals surface area (Å²) >= 11 is 0. The summed E-state index contributed by atoms with van der Waals surface area (Å²) in [4.78, 5) is 23.5. The van der Waals surface area contributed by atoms with E-state index in [4.69, 9.17) is 20.9 Å². The van der Waals surface area contributed by atoms with Crippen molar-refractivity contribution in [2.24, 2.45) is 0 Å². The fourth-order valence-electron chi connectivity index (χ4n) is 1.83. The van der Waals surface area contributed by atoms with Crippen LogP contribution in [0.1, 0.15) is 20.7 Å². The van der Waals surface area contributed by atoms with Gasteiger partial charge in [-0.3, -0.25) is 0 Å². The third kappa shape index (κ3) is 4.52. The molecule has 6 nitrogen and oxygen atoms in total. The van der Waals surface area contributed by atoms with E-state index in [1.165, 1.54) is 0 Å². The van der Waals surface area contributed by atoms with Crippen molar-refractivity contribution in [1.29, 1.82) is 0 Å². The van der Waals surface area contributed by atoms with Crippen LogP contribution in [-0.2, 0) is 9.47 Å². The van der Waals surface area contributed by atoms with E-state index >= 15 is 0 Å². The lowest BCUT2D eigenvalue weighted by Crippen LogP contribution is -2.09. The fourth-order valence-corrected chi connectivity index (χ4v) is 1.83. The van der Waals surface area contributed by atoms with Crippen LogP contribution in [0.15, 0.2) is 48.5 Å². The molecule has 0 aliphatic rings. The molecule has 0 amide bonds. The average Bonchev–Trinajstić information content (AvgIpc) is 2.58. The van der Waals surface area contributed by atoms with Gasteiger partial charge in [0.15, 0.2) is 13.2 Å². The lowest BCUT2D eigenvalue weighted by molar-refractivity contribution is 0.0540. The molecular weight excluding hydrogens is 308 g/mol. The van der Waals surface area contributed by atoms with Crippen molar-refractivity contribution in [2.75, 3.05) is 24.7 Å². The number of hydrogen-bond donors (Lipinski definition) is 2. The van der Waals surface area contributed by atoms with Crippen LogP contribution >= 0.6 is 0 Å². The fraction of sp³-hybridized carbons (Fsp3) is 0.111. The number of para-hydroxylation sites is 2. The Morgan fingerprint density at radius 1 is 0.750 bits per heavy atom. The van der Waals surface area contributed by atoms with E-state index in [1.54, 1.807) is 48.5 Å². The zero-order valence-corrected chi connectivity index (χ0v) is 12.8. The first kappa shape index (κ1) is 16.9. The number of nitrogen functional groups attached to an aromatic ring is 2. The van der Waals surface area contributed by atoms with Gasteiger partial charge in [-0.2, -0.15) is 0 Å². The van der Waals surface area contributed by atoms with Crippen LogP contribution in [0.4, 0.5) is 11.4 Å². The van der Waals surface area contributed by atoms with Crippen LogP contribution < -0.4 is 11.5 Å². The minimum atomic E-state index is -0.559. The summed E-state index contributed by atoms with van der Waals surface area (Å²) in [7, 11) is 0. The van der Waals surface area contributed by atoms with Gasteiger partial charge in [0.25, 0.3) is 0 Å². The topological polar surface area (TPSA) is 105 Å². The lowest BCUT2D eigenvalue weighted by Gasteiger charge is -2.04. The Kier molecular flexibility index (Phi) is 5.81. The van der Waals surface area contributed by atoms with Gasteiger partial charge in [0, 0.05) is 11.4 Å². The highest BCUT2D eigenvalue weighted by Crippen LogP contribution is 2.12. The number of carbonyl (C=O) groups is 2. The summed E-state index contributed by atoms with van der Waals surface area (Å²) in [6.07, 6.45) is 0. The molecule has 0 heterocycles. The third-order valence-electron chi connectivity index (χ3n) is 3.04. The second-order valence-corrected chi connectivity index (χ2v) is 4.68. The summed E-state index contributed by atoms with van der Waals surface area (Å²) in [5, 5.41) is 0. The van der Waals surface area contributed by atoms with E-state index < -0.39 is 11.9 Å². The normalized spacial score (nSPS) is 9.50. The van der Waals surface area contributed by atoms with Crippen molar-refractivity contribution in [2.45, 2.75) is 0 Å². The van der Waals surface area contributed by atoms with Gasteiger partial charge in [0.05, 0.1) is 11.1 Å². The number of esters is 2. The summed E-state index contributed by atoms with van der Waals surface area (Å²) in [6.45, 7) is -0.254. The molecule has 0 unspecified atom stereocenters. The zero-order valence-electron chi connectivity index (χ0n) is 12.8. The summed E-state index contributed by atoms with van der Waals surface area (Å²) in [6, 6.07) is 13.2. The molecule has 6 heteroatoms. The van der Waals surface area contributed by atoms with Gasteiger partial charge in [-0.25, -0.2) is 9.59 Å². The standard InChI is InChI=1S/C18H16N2O4/c19-15-9-3-1-7-13(15)17(21)23-11-5-6-12-24-18(22)14-8-2-4-10-16(14)20/h1-4,7-10H,11-12,19-20H2. The third-order valence-corrected chi connectivity index (χ3v) is 3.04. The highest BCUT2D eigenvalue weighted by atomic mass is 16.5. The lowest BCUT2D eigenvalue weighted by atomic mass is 10.2. The second-order valence-electron chi connectivity index (χ2n) is 4.68. The Bertz CT molecular complexity index is 740. The highest BCUT2D eigenvalue weighted by Gasteiger charge is 2.10. The number of ether oxygens (including phenoxy) is 2. The average molecular weight is 324 g/mol. The molecule has 0 aromatic heterocycles. The summed E-state index contributed by atoms with van der Waals surface area (Å²) < 4.78 is 9.93. The molecule has 24 heavy (non-hydrogen) atoms. The molecule has 2 aromatic carbocycles. The van der Waals surface area contributed by atoms with Crippen LogP contribution in [0, 0.1) is 11.8 Å². The predicted molar refractivity (Wildman–Crippen MR) is 90.0 cm³/mol. The van der Waals surface area contributed by atoms with Crippen molar-refractivity contribution in [1.82, 2.24) is 0 Å². The Morgan fingerprint density at radius 2 is 1.12 bits per heavy atom. The molecule has 2 rings (SSSR count). The SMILES string of the molecule is Nc1ccccc1C(=O)OCC#CCOC(=O)c1ccccc1N. The quantitative estimate of drug-likeness (QED) is 0.505. The van der Waals surface area contributed by atoms with Gasteiger partial charge >= 0.3 is 11.9 Å². The van der Waals surface area contributed by atoms with E-state index in [-0.39, 0.29) is 24.3 Å². The molecule has 0 saturated carbocycles. The number of rotatable bonds is 4. The minimum absolute atomic E-state index is 0.127. The van der Waals surface area contributed by atoms with Crippen molar-refractivity contribution < 1.29 is 19.1 Å². The number of carbonyl (C=O) groups excluding carboxylic acids is 2. The van der Waals surface area contributed by atoms with Crippen LogP contribution in [0.5, 0.6) is 0 Å². The summed E-state index contributed by atoms with van der Waals surface area (Å²) in [5.74, 6) is 4.05. The molecule has 122 valence electrons. The molecule has 0 bridgehead atoms. The van der Waals surface area contributed by atoms with Crippen molar-refractivity contribution in [3.63, 3.8) is 0 Å². The Balaban J connectivity index is 1.77.